The Balaban J connectivity index is 1.58. The average molecular weight is 366 g/mol. The molecule has 1 unspecified atom stereocenters. The van der Waals surface area contributed by atoms with Crippen LogP contribution in [-0.4, -0.2) is 31.3 Å². The number of Topliss-reactive ketones (excluding diaryl/α,β-unsaturated/α-hetero) is 1. The summed E-state index contributed by atoms with van der Waals surface area (Å²) in [6, 6.07) is 14.3. The third-order valence-corrected chi connectivity index (χ3v) is 4.71. The molecule has 0 aromatic heterocycles. The molecule has 27 heavy (non-hydrogen) atoms. The van der Waals surface area contributed by atoms with Gasteiger partial charge in [0.1, 0.15) is 5.75 Å². The van der Waals surface area contributed by atoms with Gasteiger partial charge in [0.15, 0.2) is 5.78 Å². The number of carbonyl (C=O) groups is 3. The molecule has 1 saturated heterocycles. The van der Waals surface area contributed by atoms with Crippen LogP contribution in [0.4, 0.5) is 5.69 Å². The summed E-state index contributed by atoms with van der Waals surface area (Å²) < 4.78 is 5.11. The topological polar surface area (TPSA) is 75.7 Å². The van der Waals surface area contributed by atoms with E-state index in [1.165, 1.54) is 6.92 Å². The van der Waals surface area contributed by atoms with Crippen molar-refractivity contribution in [2.75, 3.05) is 18.6 Å². The number of hydrogen-bond donors (Lipinski definition) is 1. The zero-order valence-corrected chi connectivity index (χ0v) is 15.4. The van der Waals surface area contributed by atoms with Crippen LogP contribution in [0.3, 0.4) is 0 Å². The summed E-state index contributed by atoms with van der Waals surface area (Å²) >= 11 is 0. The van der Waals surface area contributed by atoms with Crippen molar-refractivity contribution < 1.29 is 19.1 Å². The molecular weight excluding hydrogens is 344 g/mol. The molecule has 1 fully saturated rings. The molecule has 2 aromatic rings. The van der Waals surface area contributed by atoms with Crippen LogP contribution in [0, 0.1) is 5.92 Å². The molecule has 0 spiro atoms. The van der Waals surface area contributed by atoms with Gasteiger partial charge in [-0.15, -0.1) is 0 Å². The summed E-state index contributed by atoms with van der Waals surface area (Å²) in [7, 11) is 1.60. The molecule has 3 rings (SSSR count). The summed E-state index contributed by atoms with van der Waals surface area (Å²) in [5.74, 6) is 0.128. The second-order valence-corrected chi connectivity index (χ2v) is 6.57. The van der Waals surface area contributed by atoms with Gasteiger partial charge in [0.05, 0.1) is 13.0 Å². The molecule has 0 radical (unpaired) electrons. The Labute approximate surface area is 158 Å². The van der Waals surface area contributed by atoms with Crippen molar-refractivity contribution in [3.63, 3.8) is 0 Å². The van der Waals surface area contributed by atoms with Gasteiger partial charge in [-0.2, -0.15) is 0 Å². The highest BCUT2D eigenvalue weighted by molar-refractivity contribution is 6.01. The van der Waals surface area contributed by atoms with Gasteiger partial charge in [0, 0.05) is 30.8 Å². The molecule has 1 N–H and O–H groups in total. The molecule has 1 heterocycles. The lowest BCUT2D eigenvalue weighted by atomic mass is 10.1. The summed E-state index contributed by atoms with van der Waals surface area (Å²) in [5, 5.41) is 2.89. The first-order valence-corrected chi connectivity index (χ1v) is 8.80. The van der Waals surface area contributed by atoms with Crippen molar-refractivity contribution in [1.29, 1.82) is 0 Å². The molecule has 1 atom stereocenters. The van der Waals surface area contributed by atoms with Crippen LogP contribution < -0.4 is 15.0 Å². The minimum Gasteiger partial charge on any atom is -0.497 e. The molecule has 0 aliphatic carbocycles. The number of ether oxygens (including phenoxy) is 1. The van der Waals surface area contributed by atoms with Crippen LogP contribution in [0.15, 0.2) is 48.5 Å². The lowest BCUT2D eigenvalue weighted by Crippen LogP contribution is -2.32. The van der Waals surface area contributed by atoms with E-state index < -0.39 is 0 Å². The van der Waals surface area contributed by atoms with Crippen molar-refractivity contribution >= 4 is 23.3 Å². The van der Waals surface area contributed by atoms with Crippen molar-refractivity contribution in [3.05, 3.63) is 59.7 Å². The molecule has 2 amide bonds. The Hall–Kier alpha value is -3.15. The van der Waals surface area contributed by atoms with Gasteiger partial charge in [-0.1, -0.05) is 12.1 Å². The molecule has 2 aromatic carbocycles. The maximum atomic E-state index is 12.4. The van der Waals surface area contributed by atoms with Gasteiger partial charge in [-0.05, 0) is 48.9 Å². The minimum atomic E-state index is -0.386. The number of anilines is 1. The monoisotopic (exact) mass is 366 g/mol. The van der Waals surface area contributed by atoms with Gasteiger partial charge in [0.2, 0.25) is 11.8 Å². The van der Waals surface area contributed by atoms with Crippen molar-refractivity contribution in [3.8, 4) is 5.75 Å². The minimum absolute atomic E-state index is 0.0231. The van der Waals surface area contributed by atoms with Crippen LogP contribution in [-0.2, 0) is 16.1 Å². The van der Waals surface area contributed by atoms with E-state index in [1.54, 1.807) is 36.3 Å². The maximum absolute atomic E-state index is 12.4. The quantitative estimate of drug-likeness (QED) is 0.798. The zero-order chi connectivity index (χ0) is 19.4. The maximum Gasteiger partial charge on any atom is 0.227 e. The van der Waals surface area contributed by atoms with Crippen molar-refractivity contribution in [2.45, 2.75) is 19.9 Å². The van der Waals surface area contributed by atoms with Crippen molar-refractivity contribution in [1.82, 2.24) is 5.32 Å². The summed E-state index contributed by atoms with van der Waals surface area (Å²) in [5.41, 5.74) is 2.26. The fourth-order valence-electron chi connectivity index (χ4n) is 3.09. The third-order valence-electron chi connectivity index (χ3n) is 4.71. The highest BCUT2D eigenvalue weighted by atomic mass is 16.5. The normalized spacial score (nSPS) is 16.3. The van der Waals surface area contributed by atoms with Gasteiger partial charge in [0.25, 0.3) is 0 Å². The Morgan fingerprint density at radius 1 is 1.11 bits per heavy atom. The van der Waals surface area contributed by atoms with E-state index in [9.17, 15) is 14.4 Å². The van der Waals surface area contributed by atoms with E-state index in [0.717, 1.165) is 11.3 Å². The Kier molecular flexibility index (Phi) is 5.54. The standard InChI is InChI=1S/C21H22N2O4/c1-14(24)16-5-7-18(8-6-16)23-13-17(11-20(23)25)21(26)22-12-15-3-9-19(27-2)10-4-15/h3-10,17H,11-13H2,1-2H3,(H,22,26). The number of nitrogens with zero attached hydrogens (tertiary/aromatic N) is 1. The number of methoxy groups -OCH3 is 1. The first-order chi connectivity index (χ1) is 13.0. The van der Waals surface area contributed by atoms with Crippen LogP contribution in [0.5, 0.6) is 5.75 Å². The molecular formula is C21H22N2O4. The van der Waals surface area contributed by atoms with E-state index in [0.29, 0.717) is 24.3 Å². The molecule has 1 aliphatic rings. The summed E-state index contributed by atoms with van der Waals surface area (Å²) in [4.78, 5) is 37.7. The molecule has 1 aliphatic heterocycles. The van der Waals surface area contributed by atoms with E-state index in [-0.39, 0.29) is 29.9 Å². The lowest BCUT2D eigenvalue weighted by Gasteiger charge is -2.17. The fraction of sp³-hybridized carbons (Fsp3) is 0.286. The molecule has 6 heteroatoms. The first kappa shape index (κ1) is 18.6. The Bertz CT molecular complexity index is 843. The number of nitrogens with one attached hydrogen (secondary N) is 1. The van der Waals surface area contributed by atoms with E-state index in [2.05, 4.69) is 5.32 Å². The Morgan fingerprint density at radius 2 is 1.78 bits per heavy atom. The molecule has 0 saturated carbocycles. The largest absolute Gasteiger partial charge is 0.497 e. The van der Waals surface area contributed by atoms with Crippen LogP contribution in [0.2, 0.25) is 0 Å². The number of benzene rings is 2. The van der Waals surface area contributed by atoms with E-state index >= 15 is 0 Å². The Morgan fingerprint density at radius 3 is 2.37 bits per heavy atom. The lowest BCUT2D eigenvalue weighted by molar-refractivity contribution is -0.126. The third kappa shape index (κ3) is 4.34. The fourth-order valence-corrected chi connectivity index (χ4v) is 3.09. The first-order valence-electron chi connectivity index (χ1n) is 8.80. The van der Waals surface area contributed by atoms with Gasteiger partial charge < -0.3 is 15.0 Å². The number of hydrogen-bond acceptors (Lipinski definition) is 4. The predicted molar refractivity (Wildman–Crippen MR) is 102 cm³/mol. The highest BCUT2D eigenvalue weighted by Crippen LogP contribution is 2.25. The van der Waals surface area contributed by atoms with Crippen molar-refractivity contribution in [2.24, 2.45) is 5.92 Å². The predicted octanol–water partition coefficient (Wildman–Crippen LogP) is 2.57. The smallest absolute Gasteiger partial charge is 0.227 e. The summed E-state index contributed by atoms with van der Waals surface area (Å²) in [6.45, 7) is 2.24. The van der Waals surface area contributed by atoms with E-state index in [1.807, 2.05) is 24.3 Å². The van der Waals surface area contributed by atoms with Gasteiger partial charge in [-0.3, -0.25) is 14.4 Å². The number of carbonyl (C=O) groups excluding carboxylic acids is 3. The number of ketones is 1. The second-order valence-electron chi connectivity index (χ2n) is 6.57. The molecule has 6 nitrogen and oxygen atoms in total. The van der Waals surface area contributed by atoms with Gasteiger partial charge >= 0.3 is 0 Å². The van der Waals surface area contributed by atoms with Crippen LogP contribution in [0.1, 0.15) is 29.3 Å². The highest BCUT2D eigenvalue weighted by Gasteiger charge is 2.35. The average Bonchev–Trinajstić information content (AvgIpc) is 3.08. The SMILES string of the molecule is COc1ccc(CNC(=O)C2CC(=O)N(c3ccc(C(C)=O)cc3)C2)cc1. The molecule has 140 valence electrons. The number of amides is 2. The zero-order valence-electron chi connectivity index (χ0n) is 15.4. The summed E-state index contributed by atoms with van der Waals surface area (Å²) in [6.07, 6.45) is 0.183. The van der Waals surface area contributed by atoms with E-state index in [4.69, 9.17) is 4.74 Å². The number of rotatable bonds is 6. The van der Waals surface area contributed by atoms with Gasteiger partial charge in [-0.25, -0.2) is 0 Å². The van der Waals surface area contributed by atoms with Crippen LogP contribution in [0.25, 0.3) is 0 Å². The molecule has 0 bridgehead atoms. The van der Waals surface area contributed by atoms with Crippen LogP contribution >= 0.6 is 0 Å². The second kappa shape index (κ2) is 8.03.